The Morgan fingerprint density at radius 1 is 1.09 bits per heavy atom. The average Bonchev–Trinajstić information content (AvgIpc) is 3.26. The van der Waals surface area contributed by atoms with Gasteiger partial charge in [0.25, 0.3) is 11.5 Å². The number of amides is 1. The van der Waals surface area contributed by atoms with Gasteiger partial charge < -0.3 is 19.5 Å². The van der Waals surface area contributed by atoms with Gasteiger partial charge in [0.1, 0.15) is 11.3 Å². The smallest absolute Gasteiger partial charge is 0.276 e. The van der Waals surface area contributed by atoms with Gasteiger partial charge in [0.05, 0.1) is 12.8 Å². The Labute approximate surface area is 185 Å². The Balaban J connectivity index is 1.46. The molecule has 0 bridgehead atoms. The molecule has 0 saturated carbocycles. The molecule has 8 heteroatoms. The zero-order valence-electron chi connectivity index (χ0n) is 18.3. The van der Waals surface area contributed by atoms with Crippen molar-refractivity contribution >= 4 is 17.1 Å². The van der Waals surface area contributed by atoms with E-state index >= 15 is 0 Å². The molecule has 8 nitrogen and oxygen atoms in total. The van der Waals surface area contributed by atoms with Gasteiger partial charge >= 0.3 is 0 Å². The highest BCUT2D eigenvalue weighted by molar-refractivity contribution is 5.95. The van der Waals surface area contributed by atoms with Crippen molar-refractivity contribution in [3.8, 4) is 17.0 Å². The Hall–Kier alpha value is -4.07. The molecule has 4 rings (SSSR count). The van der Waals surface area contributed by atoms with Crippen LogP contribution in [-0.2, 0) is 6.54 Å². The lowest BCUT2D eigenvalue weighted by molar-refractivity contribution is 0.0952. The first-order valence-corrected chi connectivity index (χ1v) is 10.2. The van der Waals surface area contributed by atoms with Gasteiger partial charge in [0, 0.05) is 56.4 Å². The molecule has 0 atom stereocenters. The number of hydrogen-bond donors (Lipinski definition) is 1. The van der Waals surface area contributed by atoms with Gasteiger partial charge in [-0.05, 0) is 48.5 Å². The van der Waals surface area contributed by atoms with Crippen LogP contribution < -0.4 is 20.5 Å². The molecule has 32 heavy (non-hydrogen) atoms. The minimum absolute atomic E-state index is 0.163. The summed E-state index contributed by atoms with van der Waals surface area (Å²) in [6.07, 6.45) is 3.42. The van der Waals surface area contributed by atoms with Crippen LogP contribution in [0.4, 0.5) is 5.69 Å². The highest BCUT2D eigenvalue weighted by atomic mass is 16.5. The van der Waals surface area contributed by atoms with Gasteiger partial charge in [-0.2, -0.15) is 5.10 Å². The van der Waals surface area contributed by atoms with E-state index in [0.717, 1.165) is 17.0 Å². The zero-order valence-corrected chi connectivity index (χ0v) is 18.3. The summed E-state index contributed by atoms with van der Waals surface area (Å²) in [6, 6.07) is 16.7. The molecule has 2 aromatic heterocycles. The fraction of sp³-hybridized carbons (Fsp3) is 0.208. The van der Waals surface area contributed by atoms with E-state index < -0.39 is 0 Å². The van der Waals surface area contributed by atoms with Crippen molar-refractivity contribution in [1.82, 2.24) is 19.5 Å². The molecule has 0 aliphatic heterocycles. The van der Waals surface area contributed by atoms with Gasteiger partial charge in [-0.25, -0.2) is 4.52 Å². The number of methoxy groups -OCH3 is 1. The molecule has 0 spiro atoms. The van der Waals surface area contributed by atoms with Crippen LogP contribution in [0.15, 0.2) is 71.8 Å². The predicted molar refractivity (Wildman–Crippen MR) is 125 cm³/mol. The average molecular weight is 431 g/mol. The highest BCUT2D eigenvalue weighted by Gasteiger charge is 2.11. The van der Waals surface area contributed by atoms with Crippen LogP contribution in [0.2, 0.25) is 0 Å². The monoisotopic (exact) mass is 431 g/mol. The summed E-state index contributed by atoms with van der Waals surface area (Å²) in [4.78, 5) is 27.3. The van der Waals surface area contributed by atoms with Crippen molar-refractivity contribution in [2.45, 2.75) is 6.54 Å². The van der Waals surface area contributed by atoms with Crippen LogP contribution in [0.1, 0.15) is 10.4 Å². The summed E-state index contributed by atoms with van der Waals surface area (Å²) in [5.74, 6) is 0.587. The normalized spacial score (nSPS) is 10.8. The van der Waals surface area contributed by atoms with Crippen LogP contribution >= 0.6 is 0 Å². The molecule has 2 aromatic carbocycles. The summed E-state index contributed by atoms with van der Waals surface area (Å²) >= 11 is 0. The second-order valence-corrected chi connectivity index (χ2v) is 7.59. The van der Waals surface area contributed by atoms with E-state index in [1.165, 1.54) is 0 Å². The van der Waals surface area contributed by atoms with Crippen LogP contribution in [0.3, 0.4) is 0 Å². The standard InChI is InChI=1S/C24H25N5O3/c1-27(2)19-6-4-5-18(15-19)23(30)25-11-12-28-13-14-29-22(24(28)31)16-21(26-29)17-7-9-20(32-3)10-8-17/h4-10,13-16H,11-12H2,1-3H3,(H,25,30). The van der Waals surface area contributed by atoms with E-state index in [2.05, 4.69) is 10.4 Å². The van der Waals surface area contributed by atoms with E-state index in [4.69, 9.17) is 4.74 Å². The third-order valence-corrected chi connectivity index (χ3v) is 5.25. The summed E-state index contributed by atoms with van der Waals surface area (Å²) in [5.41, 5.74) is 3.45. The molecule has 0 aliphatic carbocycles. The van der Waals surface area contributed by atoms with Gasteiger partial charge in [0.15, 0.2) is 0 Å². The molecule has 4 aromatic rings. The number of aromatic nitrogens is 3. The van der Waals surface area contributed by atoms with Crippen LogP contribution in [0.25, 0.3) is 16.8 Å². The van der Waals surface area contributed by atoms with Crippen molar-refractivity contribution in [1.29, 1.82) is 0 Å². The predicted octanol–water partition coefficient (Wildman–Crippen LogP) is 2.67. The van der Waals surface area contributed by atoms with E-state index in [0.29, 0.717) is 29.9 Å². The third kappa shape index (κ3) is 4.34. The maximum Gasteiger partial charge on any atom is 0.276 e. The lowest BCUT2D eigenvalue weighted by atomic mass is 10.1. The first kappa shape index (κ1) is 21.2. The maximum atomic E-state index is 12.9. The lowest BCUT2D eigenvalue weighted by Gasteiger charge is -2.13. The van der Waals surface area contributed by atoms with E-state index in [1.54, 1.807) is 40.7 Å². The molecule has 0 aliphatic rings. The van der Waals surface area contributed by atoms with E-state index in [-0.39, 0.29) is 11.5 Å². The first-order chi connectivity index (χ1) is 15.5. The largest absolute Gasteiger partial charge is 0.497 e. The number of rotatable bonds is 7. The number of carbonyl (C=O) groups is 1. The Morgan fingerprint density at radius 3 is 2.59 bits per heavy atom. The molecular weight excluding hydrogens is 406 g/mol. The van der Waals surface area contributed by atoms with E-state index in [9.17, 15) is 9.59 Å². The SMILES string of the molecule is COc1ccc(-c2cc3c(=O)n(CCNC(=O)c4cccc(N(C)C)c4)ccn3n2)cc1. The Bertz CT molecular complexity index is 1310. The van der Waals surface area contributed by atoms with Crippen molar-refractivity contribution in [2.75, 3.05) is 32.6 Å². The van der Waals surface area contributed by atoms with Crippen molar-refractivity contribution in [2.24, 2.45) is 0 Å². The topological polar surface area (TPSA) is 80.9 Å². The number of carbonyl (C=O) groups excluding carboxylic acids is 1. The quantitative estimate of drug-likeness (QED) is 0.487. The number of nitrogens with one attached hydrogen (secondary N) is 1. The molecule has 0 radical (unpaired) electrons. The Kier molecular flexibility index (Phi) is 5.93. The molecule has 0 saturated heterocycles. The summed E-state index contributed by atoms with van der Waals surface area (Å²) in [6.45, 7) is 0.693. The number of hydrogen-bond acceptors (Lipinski definition) is 5. The fourth-order valence-corrected chi connectivity index (χ4v) is 3.42. The summed E-state index contributed by atoms with van der Waals surface area (Å²) in [5, 5.41) is 7.38. The van der Waals surface area contributed by atoms with Crippen molar-refractivity contribution in [3.63, 3.8) is 0 Å². The van der Waals surface area contributed by atoms with Gasteiger partial charge in [-0.1, -0.05) is 6.07 Å². The number of fused-ring (bicyclic) bond motifs is 1. The highest BCUT2D eigenvalue weighted by Crippen LogP contribution is 2.21. The number of anilines is 1. The maximum absolute atomic E-state index is 12.9. The molecule has 2 heterocycles. The second kappa shape index (κ2) is 8.97. The summed E-state index contributed by atoms with van der Waals surface area (Å²) in [7, 11) is 5.47. The lowest BCUT2D eigenvalue weighted by Crippen LogP contribution is -2.31. The second-order valence-electron chi connectivity index (χ2n) is 7.59. The third-order valence-electron chi connectivity index (χ3n) is 5.25. The molecule has 164 valence electrons. The summed E-state index contributed by atoms with van der Waals surface area (Å²) < 4.78 is 8.33. The van der Waals surface area contributed by atoms with Gasteiger partial charge in [-0.15, -0.1) is 0 Å². The van der Waals surface area contributed by atoms with Gasteiger partial charge in [0.2, 0.25) is 0 Å². The van der Waals surface area contributed by atoms with Crippen molar-refractivity contribution in [3.05, 3.63) is 82.9 Å². The minimum Gasteiger partial charge on any atom is -0.497 e. The van der Waals surface area contributed by atoms with E-state index in [1.807, 2.05) is 61.5 Å². The van der Waals surface area contributed by atoms with Crippen LogP contribution in [-0.4, -0.2) is 47.8 Å². The molecule has 0 unspecified atom stereocenters. The zero-order chi connectivity index (χ0) is 22.7. The molecular formula is C24H25N5O3. The fourth-order valence-electron chi connectivity index (χ4n) is 3.42. The molecule has 1 amide bonds. The number of nitrogens with zero attached hydrogens (tertiary/aromatic N) is 4. The molecule has 1 N–H and O–H groups in total. The Morgan fingerprint density at radius 2 is 1.88 bits per heavy atom. The van der Waals surface area contributed by atoms with Crippen LogP contribution in [0, 0.1) is 0 Å². The molecule has 0 fully saturated rings. The number of benzene rings is 2. The minimum atomic E-state index is -0.172. The van der Waals surface area contributed by atoms with Crippen LogP contribution in [0.5, 0.6) is 5.75 Å². The first-order valence-electron chi connectivity index (χ1n) is 10.2. The van der Waals surface area contributed by atoms with Gasteiger partial charge in [-0.3, -0.25) is 9.59 Å². The van der Waals surface area contributed by atoms with Crippen molar-refractivity contribution < 1.29 is 9.53 Å². The number of ether oxygens (including phenoxy) is 1.